The Balaban J connectivity index is 2.33. The van der Waals surface area contributed by atoms with Gasteiger partial charge in [-0.05, 0) is 29.9 Å². The molecule has 1 aliphatic rings. The quantitative estimate of drug-likeness (QED) is 0.503. The van der Waals surface area contributed by atoms with Gasteiger partial charge in [-0.2, -0.15) is 0 Å². The fraction of sp³-hybridized carbons (Fsp3) is 0.455. The molecule has 2 nitrogen and oxygen atoms in total. The summed E-state index contributed by atoms with van der Waals surface area (Å²) in [7, 11) is 0. The molecule has 2 heteroatoms. The first-order chi connectivity index (χ1) is 6.33. The van der Waals surface area contributed by atoms with Gasteiger partial charge in [0.1, 0.15) is 0 Å². The van der Waals surface area contributed by atoms with Gasteiger partial charge in [-0.1, -0.05) is 31.2 Å². The third-order valence-corrected chi connectivity index (χ3v) is 3.09. The number of hydrazine groups is 1. The van der Waals surface area contributed by atoms with E-state index in [-0.39, 0.29) is 0 Å². The number of fused-ring (bicyclic) bond motifs is 1. The zero-order chi connectivity index (χ0) is 9.26. The van der Waals surface area contributed by atoms with Gasteiger partial charge >= 0.3 is 0 Å². The van der Waals surface area contributed by atoms with Gasteiger partial charge in [0.25, 0.3) is 0 Å². The second-order valence-corrected chi connectivity index (χ2v) is 3.80. The van der Waals surface area contributed by atoms with E-state index < -0.39 is 0 Å². The van der Waals surface area contributed by atoms with Crippen molar-refractivity contribution >= 4 is 0 Å². The van der Waals surface area contributed by atoms with E-state index in [1.165, 1.54) is 11.1 Å². The first kappa shape index (κ1) is 8.73. The Labute approximate surface area is 79.1 Å². The first-order valence-corrected chi connectivity index (χ1v) is 4.87. The standard InChI is InChI=1S/C11H16N2/c1-8-10-5-3-2-4-9(10)6-7-11(8)13-12/h2-5,8,11,13H,6-7,12H2,1H3/t8-,11-/m1/s1. The first-order valence-electron chi connectivity index (χ1n) is 4.87. The maximum atomic E-state index is 5.50. The monoisotopic (exact) mass is 176 g/mol. The van der Waals surface area contributed by atoms with Crippen LogP contribution in [0, 0.1) is 0 Å². The molecule has 0 heterocycles. The van der Waals surface area contributed by atoms with Gasteiger partial charge in [-0.25, -0.2) is 0 Å². The van der Waals surface area contributed by atoms with Crippen LogP contribution in [0.1, 0.15) is 30.4 Å². The maximum absolute atomic E-state index is 5.50. The number of aryl methyl sites for hydroxylation is 1. The summed E-state index contributed by atoms with van der Waals surface area (Å²) in [6.07, 6.45) is 2.30. The molecule has 0 saturated heterocycles. The van der Waals surface area contributed by atoms with Gasteiger partial charge in [0, 0.05) is 6.04 Å². The number of benzene rings is 1. The zero-order valence-electron chi connectivity index (χ0n) is 7.96. The van der Waals surface area contributed by atoms with Crippen molar-refractivity contribution in [2.45, 2.75) is 31.7 Å². The van der Waals surface area contributed by atoms with E-state index in [9.17, 15) is 0 Å². The van der Waals surface area contributed by atoms with Crippen molar-refractivity contribution in [3.8, 4) is 0 Å². The second-order valence-electron chi connectivity index (χ2n) is 3.80. The molecule has 13 heavy (non-hydrogen) atoms. The van der Waals surface area contributed by atoms with Crippen LogP contribution in [0.25, 0.3) is 0 Å². The Kier molecular flexibility index (Phi) is 2.34. The molecule has 1 aromatic carbocycles. The third-order valence-electron chi connectivity index (χ3n) is 3.09. The van der Waals surface area contributed by atoms with Crippen molar-refractivity contribution in [1.29, 1.82) is 0 Å². The number of rotatable bonds is 1. The molecule has 70 valence electrons. The highest BCUT2D eigenvalue weighted by atomic mass is 15.2. The van der Waals surface area contributed by atoms with Crippen LogP contribution in [0.5, 0.6) is 0 Å². The third kappa shape index (κ3) is 1.47. The lowest BCUT2D eigenvalue weighted by molar-refractivity contribution is 0.412. The average molecular weight is 176 g/mol. The van der Waals surface area contributed by atoms with Crippen LogP contribution in [-0.4, -0.2) is 6.04 Å². The topological polar surface area (TPSA) is 38.0 Å². The molecular weight excluding hydrogens is 160 g/mol. The number of hydrogen-bond donors (Lipinski definition) is 2. The van der Waals surface area contributed by atoms with Gasteiger partial charge in [0.2, 0.25) is 0 Å². The normalized spacial score (nSPS) is 26.9. The smallest absolute Gasteiger partial charge is 0.0279 e. The summed E-state index contributed by atoms with van der Waals surface area (Å²) in [5, 5.41) is 0. The van der Waals surface area contributed by atoms with Gasteiger partial charge in [0.05, 0.1) is 0 Å². The summed E-state index contributed by atoms with van der Waals surface area (Å²) >= 11 is 0. The molecular formula is C11H16N2. The van der Waals surface area contributed by atoms with Crippen molar-refractivity contribution in [2.24, 2.45) is 5.84 Å². The highest BCUT2D eigenvalue weighted by Gasteiger charge is 2.24. The molecule has 0 aliphatic heterocycles. The van der Waals surface area contributed by atoms with E-state index in [1.807, 2.05) is 0 Å². The summed E-state index contributed by atoms with van der Waals surface area (Å²) in [6.45, 7) is 2.24. The predicted molar refractivity (Wildman–Crippen MR) is 54.3 cm³/mol. The molecule has 3 N–H and O–H groups in total. The van der Waals surface area contributed by atoms with E-state index in [1.54, 1.807) is 0 Å². The Morgan fingerprint density at radius 3 is 2.92 bits per heavy atom. The van der Waals surface area contributed by atoms with Crippen LogP contribution >= 0.6 is 0 Å². The van der Waals surface area contributed by atoms with Crippen LogP contribution in [0.4, 0.5) is 0 Å². The van der Waals surface area contributed by atoms with E-state index in [0.29, 0.717) is 12.0 Å². The molecule has 0 bridgehead atoms. The van der Waals surface area contributed by atoms with Crippen LogP contribution in [0.15, 0.2) is 24.3 Å². The lowest BCUT2D eigenvalue weighted by Gasteiger charge is -2.30. The summed E-state index contributed by atoms with van der Waals surface area (Å²) in [6, 6.07) is 9.09. The van der Waals surface area contributed by atoms with Gasteiger partial charge in [-0.3, -0.25) is 11.3 Å². The lowest BCUT2D eigenvalue weighted by atomic mass is 9.81. The van der Waals surface area contributed by atoms with Crippen LogP contribution < -0.4 is 11.3 Å². The molecule has 1 aromatic rings. The molecule has 0 amide bonds. The number of hydrogen-bond acceptors (Lipinski definition) is 2. The average Bonchev–Trinajstić information content (AvgIpc) is 2.19. The van der Waals surface area contributed by atoms with Crippen molar-refractivity contribution in [3.63, 3.8) is 0 Å². The van der Waals surface area contributed by atoms with Crippen molar-refractivity contribution in [2.75, 3.05) is 0 Å². The number of nitrogens with two attached hydrogens (primary N) is 1. The molecule has 1 aliphatic carbocycles. The van der Waals surface area contributed by atoms with Gasteiger partial charge in [0.15, 0.2) is 0 Å². The molecule has 0 spiro atoms. The molecule has 2 atom stereocenters. The fourth-order valence-corrected chi connectivity index (χ4v) is 2.21. The highest BCUT2D eigenvalue weighted by molar-refractivity contribution is 5.33. The minimum absolute atomic E-state index is 0.440. The Morgan fingerprint density at radius 2 is 2.15 bits per heavy atom. The summed E-state index contributed by atoms with van der Waals surface area (Å²) in [5.74, 6) is 6.04. The van der Waals surface area contributed by atoms with Gasteiger partial charge < -0.3 is 0 Å². The van der Waals surface area contributed by atoms with E-state index >= 15 is 0 Å². The van der Waals surface area contributed by atoms with E-state index in [2.05, 4.69) is 36.6 Å². The maximum Gasteiger partial charge on any atom is 0.0279 e. The summed E-state index contributed by atoms with van der Waals surface area (Å²) in [4.78, 5) is 0. The van der Waals surface area contributed by atoms with Crippen molar-refractivity contribution < 1.29 is 0 Å². The summed E-state index contributed by atoms with van der Waals surface area (Å²) in [5.41, 5.74) is 5.84. The second kappa shape index (κ2) is 3.48. The van der Waals surface area contributed by atoms with Crippen LogP contribution in [0.2, 0.25) is 0 Å². The predicted octanol–water partition coefficient (Wildman–Crippen LogP) is 1.57. The minimum atomic E-state index is 0.440. The number of nitrogens with one attached hydrogen (secondary N) is 1. The van der Waals surface area contributed by atoms with E-state index in [0.717, 1.165) is 12.8 Å². The molecule has 0 fully saturated rings. The van der Waals surface area contributed by atoms with Crippen molar-refractivity contribution in [1.82, 2.24) is 5.43 Å². The van der Waals surface area contributed by atoms with Crippen LogP contribution in [-0.2, 0) is 6.42 Å². The molecule has 0 unspecified atom stereocenters. The molecule has 2 rings (SSSR count). The largest absolute Gasteiger partial charge is 0.271 e. The molecule has 0 radical (unpaired) electrons. The molecule has 0 aromatic heterocycles. The molecule has 0 saturated carbocycles. The minimum Gasteiger partial charge on any atom is -0.271 e. The highest BCUT2D eigenvalue weighted by Crippen LogP contribution is 2.30. The SMILES string of the molecule is C[C@@H]1c2ccccc2CC[C@H]1NN. The lowest BCUT2D eigenvalue weighted by Crippen LogP contribution is -2.41. The van der Waals surface area contributed by atoms with E-state index in [4.69, 9.17) is 5.84 Å². The Bertz CT molecular complexity index is 296. The van der Waals surface area contributed by atoms with Crippen molar-refractivity contribution in [3.05, 3.63) is 35.4 Å². The zero-order valence-corrected chi connectivity index (χ0v) is 7.96. The fourth-order valence-electron chi connectivity index (χ4n) is 2.21. The summed E-state index contributed by atoms with van der Waals surface area (Å²) < 4.78 is 0. The van der Waals surface area contributed by atoms with Crippen LogP contribution in [0.3, 0.4) is 0 Å². The van der Waals surface area contributed by atoms with Gasteiger partial charge in [-0.15, -0.1) is 0 Å². The Hall–Kier alpha value is -0.860. The Morgan fingerprint density at radius 1 is 1.38 bits per heavy atom.